The zero-order chi connectivity index (χ0) is 25.8. The predicted octanol–water partition coefficient (Wildman–Crippen LogP) is 3.14. The molecule has 0 saturated heterocycles. The van der Waals surface area contributed by atoms with Gasteiger partial charge in [0.05, 0.1) is 12.1 Å². The lowest BCUT2D eigenvalue weighted by Gasteiger charge is -2.49. The maximum atomic E-state index is 12.1. The number of aliphatic hydroxyl groups excluding tert-OH is 1. The van der Waals surface area contributed by atoms with Crippen LogP contribution in [0.25, 0.3) is 0 Å². The Morgan fingerprint density at radius 2 is 2.14 bits per heavy atom. The highest BCUT2D eigenvalue weighted by Crippen LogP contribution is 2.51. The zero-order valence-electron chi connectivity index (χ0n) is 22.3. The first-order valence-electron chi connectivity index (χ1n) is 12.7. The van der Waals surface area contributed by atoms with Gasteiger partial charge in [-0.2, -0.15) is 0 Å². The van der Waals surface area contributed by atoms with Gasteiger partial charge in [-0.1, -0.05) is 26.8 Å². The molecule has 1 aromatic heterocycles. The molecule has 35 heavy (non-hydrogen) atoms. The highest BCUT2D eigenvalue weighted by molar-refractivity contribution is 5.77. The van der Waals surface area contributed by atoms with E-state index in [0.29, 0.717) is 13.0 Å². The molecule has 0 unspecified atom stereocenters. The smallest absolute Gasteiger partial charge is 0.246 e. The number of nitrogens with one attached hydrogen (secondary N) is 2. The first kappa shape index (κ1) is 27.4. The van der Waals surface area contributed by atoms with Gasteiger partial charge >= 0.3 is 0 Å². The summed E-state index contributed by atoms with van der Waals surface area (Å²) in [5.41, 5.74) is 2.06. The second kappa shape index (κ2) is 11.3. The lowest BCUT2D eigenvalue weighted by molar-refractivity contribution is -0.126. The molecule has 1 saturated carbocycles. The summed E-state index contributed by atoms with van der Waals surface area (Å²) in [6, 6.07) is 1.75. The van der Waals surface area contributed by atoms with Crippen molar-refractivity contribution in [3.8, 4) is 5.75 Å². The van der Waals surface area contributed by atoms with Gasteiger partial charge in [-0.3, -0.25) is 4.79 Å². The molecular formula is C27H44N4O4. The predicted molar refractivity (Wildman–Crippen MR) is 139 cm³/mol. The number of carbonyl (C=O) groups excluding carboxylic acids is 1. The third kappa shape index (κ3) is 6.96. The van der Waals surface area contributed by atoms with E-state index < -0.39 is 12.1 Å². The van der Waals surface area contributed by atoms with Crippen LogP contribution in [-0.4, -0.2) is 68.1 Å². The number of aromatic nitrogens is 1. The van der Waals surface area contributed by atoms with Gasteiger partial charge in [-0.15, -0.1) is 6.58 Å². The minimum absolute atomic E-state index is 0.0215. The number of ether oxygens (including phenoxy) is 2. The largest absolute Gasteiger partial charge is 0.483 e. The second-order valence-electron chi connectivity index (χ2n) is 11.5. The van der Waals surface area contributed by atoms with Crippen LogP contribution in [0, 0.1) is 5.41 Å². The highest BCUT2D eigenvalue weighted by atomic mass is 16.5. The Morgan fingerprint density at radius 3 is 2.69 bits per heavy atom. The first-order chi connectivity index (χ1) is 16.5. The Labute approximate surface area is 210 Å². The minimum atomic E-state index is -0.776. The lowest BCUT2D eigenvalue weighted by atomic mass is 9.72. The molecular weight excluding hydrogens is 444 g/mol. The molecule has 2 heterocycles. The summed E-state index contributed by atoms with van der Waals surface area (Å²) in [6.07, 6.45) is 6.31. The fourth-order valence-electron chi connectivity index (χ4n) is 4.97. The van der Waals surface area contributed by atoms with Crippen molar-refractivity contribution in [2.24, 2.45) is 5.41 Å². The Morgan fingerprint density at radius 1 is 1.43 bits per heavy atom. The SMILES string of the molecule is C=CC[C@H](NC(=O)COC)[C@H](O)CN[C@H]1CC2(CCC2)Oc2c1cc(CC(C)(C)C)nc2N(C)C. The molecule has 1 aliphatic heterocycles. The van der Waals surface area contributed by atoms with Gasteiger partial charge in [-0.05, 0) is 43.6 Å². The van der Waals surface area contributed by atoms with E-state index >= 15 is 0 Å². The average molecular weight is 489 g/mol. The van der Waals surface area contributed by atoms with E-state index in [9.17, 15) is 9.90 Å². The van der Waals surface area contributed by atoms with Crippen molar-refractivity contribution >= 4 is 11.7 Å². The summed E-state index contributed by atoms with van der Waals surface area (Å²) in [4.78, 5) is 19.1. The number of nitrogens with zero attached hydrogens (tertiary/aromatic N) is 2. The summed E-state index contributed by atoms with van der Waals surface area (Å²) in [5, 5.41) is 17.4. The normalized spacial score (nSPS) is 20.3. The van der Waals surface area contributed by atoms with E-state index in [-0.39, 0.29) is 29.6 Å². The molecule has 0 aromatic carbocycles. The number of methoxy groups -OCH3 is 1. The van der Waals surface area contributed by atoms with E-state index in [1.807, 2.05) is 19.0 Å². The van der Waals surface area contributed by atoms with Gasteiger partial charge in [0.1, 0.15) is 12.2 Å². The maximum Gasteiger partial charge on any atom is 0.246 e. The molecule has 1 aromatic rings. The number of pyridine rings is 1. The molecule has 3 N–H and O–H groups in total. The van der Waals surface area contributed by atoms with E-state index in [4.69, 9.17) is 14.5 Å². The second-order valence-corrected chi connectivity index (χ2v) is 11.5. The third-order valence-electron chi connectivity index (χ3n) is 6.79. The summed E-state index contributed by atoms with van der Waals surface area (Å²) >= 11 is 0. The van der Waals surface area contributed by atoms with Gasteiger partial charge in [-0.25, -0.2) is 4.98 Å². The molecule has 8 heteroatoms. The quantitative estimate of drug-likeness (QED) is 0.412. The number of anilines is 1. The fourth-order valence-corrected chi connectivity index (χ4v) is 4.97. The van der Waals surface area contributed by atoms with Crippen LogP contribution in [0.2, 0.25) is 0 Å². The number of amides is 1. The molecule has 2 aliphatic rings. The van der Waals surface area contributed by atoms with E-state index in [1.165, 1.54) is 7.11 Å². The van der Waals surface area contributed by atoms with Crippen molar-refractivity contribution in [2.75, 3.05) is 39.3 Å². The number of hydrogen-bond acceptors (Lipinski definition) is 7. The summed E-state index contributed by atoms with van der Waals surface area (Å²) in [6.45, 7) is 10.7. The van der Waals surface area contributed by atoms with Crippen molar-refractivity contribution in [2.45, 2.75) is 83.1 Å². The molecule has 1 aliphatic carbocycles. The number of hydrogen-bond donors (Lipinski definition) is 3. The van der Waals surface area contributed by atoms with Crippen LogP contribution in [-0.2, 0) is 16.0 Å². The van der Waals surface area contributed by atoms with E-state index in [2.05, 4.69) is 44.1 Å². The third-order valence-corrected chi connectivity index (χ3v) is 6.79. The van der Waals surface area contributed by atoms with Crippen LogP contribution >= 0.6 is 0 Å². The molecule has 1 spiro atoms. The van der Waals surface area contributed by atoms with E-state index in [0.717, 1.165) is 54.9 Å². The standard InChI is InChI=1S/C27H44N4O4/c1-8-10-20(30-23(33)17-34-7)22(32)16-28-21-15-27(11-9-12-27)35-24-19(21)13-18(14-26(2,3)4)29-25(24)31(5)6/h8,13,20-22,28,32H,1,9-12,14-17H2,2-7H3,(H,30,33)/t20-,21-,22+/m0/s1. The number of rotatable bonds is 11. The molecule has 0 bridgehead atoms. The molecule has 1 fully saturated rings. The van der Waals surface area contributed by atoms with Crippen LogP contribution in [0.4, 0.5) is 5.82 Å². The van der Waals surface area contributed by atoms with Gasteiger partial charge < -0.3 is 30.1 Å². The number of carbonyl (C=O) groups is 1. The fraction of sp³-hybridized carbons (Fsp3) is 0.704. The molecule has 8 nitrogen and oxygen atoms in total. The molecule has 1 amide bonds. The van der Waals surface area contributed by atoms with Crippen LogP contribution in [0.1, 0.15) is 70.2 Å². The average Bonchev–Trinajstić information content (AvgIpc) is 2.74. The van der Waals surface area contributed by atoms with Crippen LogP contribution in [0.5, 0.6) is 5.75 Å². The van der Waals surface area contributed by atoms with Crippen LogP contribution < -0.4 is 20.3 Å². The Balaban J connectivity index is 1.86. The summed E-state index contributed by atoms with van der Waals surface area (Å²) in [7, 11) is 5.48. The molecule has 3 rings (SSSR count). The summed E-state index contributed by atoms with van der Waals surface area (Å²) < 4.78 is 11.6. The van der Waals surface area contributed by atoms with Crippen molar-refractivity contribution in [1.82, 2.24) is 15.6 Å². The lowest BCUT2D eigenvalue weighted by Crippen LogP contribution is -2.52. The molecule has 196 valence electrons. The highest BCUT2D eigenvalue weighted by Gasteiger charge is 2.47. The maximum absolute atomic E-state index is 12.1. The van der Waals surface area contributed by atoms with Crippen molar-refractivity contribution in [3.05, 3.63) is 30.0 Å². The van der Waals surface area contributed by atoms with Crippen molar-refractivity contribution in [3.63, 3.8) is 0 Å². The summed E-state index contributed by atoms with van der Waals surface area (Å²) in [5.74, 6) is 1.45. The molecule has 0 radical (unpaired) electrons. The van der Waals surface area contributed by atoms with E-state index in [1.54, 1.807) is 6.08 Å². The first-order valence-corrected chi connectivity index (χ1v) is 12.7. The Hall–Kier alpha value is -2.16. The Kier molecular flexibility index (Phi) is 8.83. The van der Waals surface area contributed by atoms with Crippen molar-refractivity contribution < 1.29 is 19.4 Å². The van der Waals surface area contributed by atoms with Gasteiger partial charge in [0, 0.05) is 51.5 Å². The van der Waals surface area contributed by atoms with Crippen LogP contribution in [0.15, 0.2) is 18.7 Å². The zero-order valence-corrected chi connectivity index (χ0v) is 22.3. The topological polar surface area (TPSA) is 96.0 Å². The van der Waals surface area contributed by atoms with Gasteiger partial charge in [0.15, 0.2) is 11.6 Å². The van der Waals surface area contributed by atoms with Crippen LogP contribution in [0.3, 0.4) is 0 Å². The molecule has 3 atom stereocenters. The monoisotopic (exact) mass is 488 g/mol. The number of aliphatic hydroxyl groups is 1. The van der Waals surface area contributed by atoms with Crippen molar-refractivity contribution in [1.29, 1.82) is 0 Å². The van der Waals surface area contributed by atoms with Gasteiger partial charge in [0.2, 0.25) is 5.91 Å². The number of fused-ring (bicyclic) bond motifs is 1. The minimum Gasteiger partial charge on any atom is -0.483 e. The Bertz CT molecular complexity index is 892. The van der Waals surface area contributed by atoms with Gasteiger partial charge in [0.25, 0.3) is 0 Å².